The minimum Gasteiger partial charge on any atom is -0.357 e. The lowest BCUT2D eigenvalue weighted by Gasteiger charge is -2.16. The van der Waals surface area contributed by atoms with Crippen LogP contribution < -0.4 is 10.6 Å². The van der Waals surface area contributed by atoms with Gasteiger partial charge in [-0.2, -0.15) is 5.10 Å². The Balaban J connectivity index is 1.64. The molecule has 0 fully saturated rings. The smallest absolute Gasteiger partial charge is 0.191 e. The Morgan fingerprint density at radius 2 is 2.04 bits per heavy atom. The number of aromatic nitrogens is 2. The third-order valence-corrected chi connectivity index (χ3v) is 4.09. The van der Waals surface area contributed by atoms with Crippen molar-refractivity contribution in [3.8, 4) is 5.69 Å². The van der Waals surface area contributed by atoms with E-state index >= 15 is 0 Å². The summed E-state index contributed by atoms with van der Waals surface area (Å²) in [5, 5.41) is 11.9. The Morgan fingerprint density at radius 1 is 1.29 bits per heavy atom. The van der Waals surface area contributed by atoms with E-state index in [1.54, 1.807) is 0 Å². The molecule has 1 aromatic carbocycles. The Kier molecular flexibility index (Phi) is 5.54. The first kappa shape index (κ1) is 16.6. The lowest BCUT2D eigenvalue weighted by Crippen LogP contribution is -2.42. The van der Waals surface area contributed by atoms with Crippen molar-refractivity contribution in [3.63, 3.8) is 0 Å². The lowest BCUT2D eigenvalue weighted by molar-refractivity contribution is 0.633. The molecule has 0 saturated carbocycles. The zero-order valence-corrected chi connectivity index (χ0v) is 14.5. The van der Waals surface area contributed by atoms with Crippen LogP contribution in [-0.4, -0.2) is 28.3 Å². The van der Waals surface area contributed by atoms with Crippen LogP contribution in [0.1, 0.15) is 25.3 Å². The first-order chi connectivity index (χ1) is 11.7. The first-order valence-corrected chi connectivity index (χ1v) is 8.61. The standard InChI is InChI=1S/C18H22ClN5/c1-2-20-18(23-16-5-3-4-6-16)21-11-14-12-22-24(13-14)17-9-7-15(19)8-10-17/h3-4,7-10,12-13,16H,2,5-6,11H2,1H3,(H2,20,21,23). The largest absolute Gasteiger partial charge is 0.357 e. The van der Waals surface area contributed by atoms with E-state index in [1.807, 2.05) is 41.3 Å². The maximum atomic E-state index is 5.92. The second kappa shape index (κ2) is 8.02. The van der Waals surface area contributed by atoms with Crippen LogP contribution in [-0.2, 0) is 6.54 Å². The molecule has 0 amide bonds. The number of nitrogens with one attached hydrogen (secondary N) is 2. The fourth-order valence-corrected chi connectivity index (χ4v) is 2.72. The molecule has 0 unspecified atom stereocenters. The summed E-state index contributed by atoms with van der Waals surface area (Å²) >= 11 is 5.92. The highest BCUT2D eigenvalue weighted by atomic mass is 35.5. The zero-order valence-electron chi connectivity index (χ0n) is 13.7. The van der Waals surface area contributed by atoms with Crippen molar-refractivity contribution in [3.05, 3.63) is 59.4 Å². The number of benzene rings is 1. The molecule has 6 heteroatoms. The van der Waals surface area contributed by atoms with Gasteiger partial charge in [0.1, 0.15) is 0 Å². The van der Waals surface area contributed by atoms with E-state index in [2.05, 4.69) is 39.8 Å². The van der Waals surface area contributed by atoms with E-state index in [1.165, 1.54) is 0 Å². The summed E-state index contributed by atoms with van der Waals surface area (Å²) < 4.78 is 1.84. The fourth-order valence-electron chi connectivity index (χ4n) is 2.60. The van der Waals surface area contributed by atoms with Gasteiger partial charge in [0.15, 0.2) is 5.96 Å². The molecule has 0 spiro atoms. The van der Waals surface area contributed by atoms with Crippen molar-refractivity contribution in [2.75, 3.05) is 6.54 Å². The second-order valence-corrected chi connectivity index (χ2v) is 6.19. The highest BCUT2D eigenvalue weighted by Crippen LogP contribution is 2.14. The number of guanidine groups is 1. The van der Waals surface area contributed by atoms with Crippen molar-refractivity contribution >= 4 is 17.6 Å². The zero-order chi connectivity index (χ0) is 16.8. The van der Waals surface area contributed by atoms with E-state index in [0.29, 0.717) is 12.6 Å². The minimum atomic E-state index is 0.444. The normalized spacial score (nSPS) is 15.0. The van der Waals surface area contributed by atoms with Crippen molar-refractivity contribution in [1.82, 2.24) is 20.4 Å². The van der Waals surface area contributed by atoms with Gasteiger partial charge in [0.05, 0.1) is 18.4 Å². The van der Waals surface area contributed by atoms with E-state index in [9.17, 15) is 0 Å². The number of aliphatic imine (C=N–C) groups is 1. The van der Waals surface area contributed by atoms with Crippen LogP contribution in [0.4, 0.5) is 0 Å². The topological polar surface area (TPSA) is 54.2 Å². The molecule has 1 aliphatic carbocycles. The quantitative estimate of drug-likeness (QED) is 0.497. The van der Waals surface area contributed by atoms with Crippen molar-refractivity contribution in [2.24, 2.45) is 4.99 Å². The number of rotatable bonds is 5. The molecule has 5 nitrogen and oxygen atoms in total. The van der Waals surface area contributed by atoms with Crippen LogP contribution in [0, 0.1) is 0 Å². The number of hydrogen-bond acceptors (Lipinski definition) is 2. The highest BCUT2D eigenvalue weighted by Gasteiger charge is 2.11. The molecule has 126 valence electrons. The third kappa shape index (κ3) is 4.38. The molecule has 3 rings (SSSR count). The molecule has 2 aromatic rings. The lowest BCUT2D eigenvalue weighted by atomic mass is 10.2. The van der Waals surface area contributed by atoms with Crippen molar-refractivity contribution in [1.29, 1.82) is 0 Å². The Labute approximate surface area is 147 Å². The minimum absolute atomic E-state index is 0.444. The molecule has 0 radical (unpaired) electrons. The summed E-state index contributed by atoms with van der Waals surface area (Å²) in [4.78, 5) is 4.66. The van der Waals surface area contributed by atoms with Gasteiger partial charge in [-0.05, 0) is 44.0 Å². The van der Waals surface area contributed by atoms with Crippen LogP contribution in [0.3, 0.4) is 0 Å². The van der Waals surface area contributed by atoms with Gasteiger partial charge in [-0.1, -0.05) is 23.8 Å². The molecule has 0 saturated heterocycles. The van der Waals surface area contributed by atoms with Gasteiger partial charge in [0.2, 0.25) is 0 Å². The molecule has 2 N–H and O–H groups in total. The van der Waals surface area contributed by atoms with Crippen molar-refractivity contribution in [2.45, 2.75) is 32.4 Å². The number of nitrogens with zero attached hydrogens (tertiary/aromatic N) is 3. The predicted molar refractivity (Wildman–Crippen MR) is 98.7 cm³/mol. The first-order valence-electron chi connectivity index (χ1n) is 8.24. The average molecular weight is 344 g/mol. The fraction of sp³-hybridized carbons (Fsp3) is 0.333. The summed E-state index contributed by atoms with van der Waals surface area (Å²) in [7, 11) is 0. The average Bonchev–Trinajstić information content (AvgIpc) is 3.25. The molecule has 0 aliphatic heterocycles. The second-order valence-electron chi connectivity index (χ2n) is 5.75. The van der Waals surface area contributed by atoms with Gasteiger partial charge in [-0.3, -0.25) is 0 Å². The van der Waals surface area contributed by atoms with E-state index in [0.717, 1.165) is 41.6 Å². The van der Waals surface area contributed by atoms with Crippen molar-refractivity contribution < 1.29 is 0 Å². The van der Waals surface area contributed by atoms with E-state index in [4.69, 9.17) is 11.6 Å². The van der Waals surface area contributed by atoms with Gasteiger partial charge >= 0.3 is 0 Å². The molecular formula is C18H22ClN5. The van der Waals surface area contributed by atoms with Crippen LogP contribution >= 0.6 is 11.6 Å². The van der Waals surface area contributed by atoms with Gasteiger partial charge in [-0.15, -0.1) is 0 Å². The molecule has 1 heterocycles. The summed E-state index contributed by atoms with van der Waals surface area (Å²) in [5.74, 6) is 0.852. The van der Waals surface area contributed by atoms with Gasteiger partial charge in [0, 0.05) is 29.4 Å². The molecule has 0 atom stereocenters. The molecule has 1 aromatic heterocycles. The summed E-state index contributed by atoms with van der Waals surface area (Å²) in [6.07, 6.45) is 10.4. The molecular weight excluding hydrogens is 322 g/mol. The predicted octanol–water partition coefficient (Wildman–Crippen LogP) is 3.30. The summed E-state index contributed by atoms with van der Waals surface area (Å²) in [6, 6.07) is 8.06. The van der Waals surface area contributed by atoms with E-state index < -0.39 is 0 Å². The maximum Gasteiger partial charge on any atom is 0.191 e. The number of halogens is 1. The van der Waals surface area contributed by atoms with Gasteiger partial charge in [0.25, 0.3) is 0 Å². The molecule has 0 bridgehead atoms. The van der Waals surface area contributed by atoms with Crippen LogP contribution in [0.25, 0.3) is 5.69 Å². The SMILES string of the molecule is CCNC(=NCc1cnn(-c2ccc(Cl)cc2)c1)NC1CC=CC1. The van der Waals surface area contributed by atoms with Gasteiger partial charge < -0.3 is 10.6 Å². The van der Waals surface area contributed by atoms with Crippen LogP contribution in [0.15, 0.2) is 53.8 Å². The Morgan fingerprint density at radius 3 is 2.75 bits per heavy atom. The molecule has 1 aliphatic rings. The summed E-state index contributed by atoms with van der Waals surface area (Å²) in [5.41, 5.74) is 2.04. The van der Waals surface area contributed by atoms with E-state index in [-0.39, 0.29) is 0 Å². The monoisotopic (exact) mass is 343 g/mol. The Bertz CT molecular complexity index is 709. The summed E-state index contributed by atoms with van der Waals surface area (Å²) in [6.45, 7) is 3.50. The number of hydrogen-bond donors (Lipinski definition) is 2. The highest BCUT2D eigenvalue weighted by molar-refractivity contribution is 6.30. The van der Waals surface area contributed by atoms with Crippen LogP contribution in [0.5, 0.6) is 0 Å². The Hall–Kier alpha value is -2.27. The third-order valence-electron chi connectivity index (χ3n) is 3.84. The maximum absolute atomic E-state index is 5.92. The molecule has 24 heavy (non-hydrogen) atoms. The van der Waals surface area contributed by atoms with Crippen LogP contribution in [0.2, 0.25) is 5.02 Å². The van der Waals surface area contributed by atoms with Gasteiger partial charge in [-0.25, -0.2) is 9.67 Å².